The van der Waals surface area contributed by atoms with Crippen LogP contribution in [-0.4, -0.2) is 58.8 Å². The van der Waals surface area contributed by atoms with Crippen molar-refractivity contribution in [3.8, 4) is 11.1 Å². The highest BCUT2D eigenvalue weighted by Gasteiger charge is 2.33. The van der Waals surface area contributed by atoms with Crippen molar-refractivity contribution in [2.45, 2.75) is 40.2 Å². The molecule has 2 aliphatic rings. The van der Waals surface area contributed by atoms with Crippen LogP contribution in [0.1, 0.15) is 53.1 Å². The number of amides is 2. The van der Waals surface area contributed by atoms with Crippen molar-refractivity contribution < 1.29 is 14.0 Å². The zero-order valence-corrected chi connectivity index (χ0v) is 21.8. The number of nitrogens with zero attached hydrogens (tertiary/aromatic N) is 2. The van der Waals surface area contributed by atoms with Gasteiger partial charge in [0, 0.05) is 41.8 Å². The number of hydrogen-bond donors (Lipinski definition) is 2. The smallest absolute Gasteiger partial charge is 0.256 e. The molecule has 1 atom stereocenters. The van der Waals surface area contributed by atoms with Crippen LogP contribution in [-0.2, 0) is 4.79 Å². The van der Waals surface area contributed by atoms with Crippen LogP contribution in [0.2, 0.25) is 0 Å². The van der Waals surface area contributed by atoms with Crippen LogP contribution >= 0.6 is 0 Å². The van der Waals surface area contributed by atoms with E-state index in [1.54, 1.807) is 6.07 Å². The molecule has 0 radical (unpaired) electrons. The maximum atomic E-state index is 14.0. The summed E-state index contributed by atoms with van der Waals surface area (Å²) in [5.41, 5.74) is 6.40. The van der Waals surface area contributed by atoms with Gasteiger partial charge in [0.1, 0.15) is 5.82 Å². The molecule has 0 spiro atoms. The number of aromatic nitrogens is 1. The molecule has 3 aromatic rings. The first-order chi connectivity index (χ1) is 17.8. The number of halogens is 1. The van der Waals surface area contributed by atoms with Crippen molar-refractivity contribution >= 4 is 29.2 Å². The Morgan fingerprint density at radius 1 is 1.16 bits per heavy atom. The van der Waals surface area contributed by atoms with E-state index in [-0.39, 0.29) is 17.6 Å². The number of hydrogen-bond acceptors (Lipinski definition) is 3. The highest BCUT2D eigenvalue weighted by Crippen LogP contribution is 2.41. The number of benzene rings is 2. The molecule has 5 rings (SSSR count). The normalized spacial score (nSPS) is 18.1. The molecule has 0 saturated carbocycles. The van der Waals surface area contributed by atoms with Gasteiger partial charge in [-0.3, -0.25) is 14.5 Å². The highest BCUT2D eigenvalue weighted by molar-refractivity contribution is 6.36. The first-order valence-electron chi connectivity index (χ1n) is 13.0. The molecule has 2 N–H and O–H groups in total. The predicted octanol–water partition coefficient (Wildman–Crippen LogP) is 5.49. The molecule has 6 nitrogen and oxygen atoms in total. The molecular weight excluding hydrogens is 467 g/mol. The van der Waals surface area contributed by atoms with Gasteiger partial charge in [0.25, 0.3) is 11.8 Å². The lowest BCUT2D eigenvalue weighted by atomic mass is 9.94. The van der Waals surface area contributed by atoms with Crippen molar-refractivity contribution in [2.75, 3.05) is 31.5 Å². The van der Waals surface area contributed by atoms with Crippen molar-refractivity contribution in [1.82, 2.24) is 14.8 Å². The molecular formula is C30H33FN4O2. The lowest BCUT2D eigenvalue weighted by Crippen LogP contribution is -2.38. The molecule has 2 aliphatic heterocycles. The Balaban J connectivity index is 1.50. The average molecular weight is 501 g/mol. The fourth-order valence-electron chi connectivity index (χ4n) is 5.79. The molecule has 192 valence electrons. The third-order valence-electron chi connectivity index (χ3n) is 7.72. The predicted molar refractivity (Wildman–Crippen MR) is 146 cm³/mol. The van der Waals surface area contributed by atoms with E-state index in [9.17, 15) is 14.0 Å². The van der Waals surface area contributed by atoms with Gasteiger partial charge >= 0.3 is 0 Å². The molecule has 0 aliphatic carbocycles. The van der Waals surface area contributed by atoms with Crippen molar-refractivity contribution in [2.24, 2.45) is 0 Å². The summed E-state index contributed by atoms with van der Waals surface area (Å²) in [5, 5.41) is 2.93. The zero-order valence-electron chi connectivity index (χ0n) is 21.8. The molecule has 1 fully saturated rings. The Labute approximate surface area is 217 Å². The molecule has 0 bridgehead atoms. The number of likely N-dealkylation sites (tertiary alicyclic amines) is 1. The van der Waals surface area contributed by atoms with E-state index in [1.165, 1.54) is 12.1 Å². The average Bonchev–Trinajstić information content (AvgIpc) is 3.56. The molecule has 7 heteroatoms. The van der Waals surface area contributed by atoms with Crippen LogP contribution in [0, 0.1) is 19.7 Å². The molecule has 2 aromatic carbocycles. The molecule has 3 heterocycles. The summed E-state index contributed by atoms with van der Waals surface area (Å²) < 4.78 is 14.0. The van der Waals surface area contributed by atoms with Crippen LogP contribution in [0.15, 0.2) is 42.5 Å². The number of carbonyl (C=O) groups excluding carboxylic acids is 2. The van der Waals surface area contributed by atoms with E-state index in [1.807, 2.05) is 49.1 Å². The van der Waals surface area contributed by atoms with Crippen molar-refractivity contribution in [1.29, 1.82) is 0 Å². The summed E-state index contributed by atoms with van der Waals surface area (Å²) >= 11 is 0. The van der Waals surface area contributed by atoms with Gasteiger partial charge in [-0.1, -0.05) is 38.1 Å². The lowest BCUT2D eigenvalue weighted by molar-refractivity contribution is -0.110. The summed E-state index contributed by atoms with van der Waals surface area (Å²) in [6.07, 6.45) is 2.79. The third kappa shape index (κ3) is 4.48. The Morgan fingerprint density at radius 3 is 2.65 bits per heavy atom. The second kappa shape index (κ2) is 9.98. The molecule has 1 saturated heterocycles. The maximum Gasteiger partial charge on any atom is 0.256 e. The summed E-state index contributed by atoms with van der Waals surface area (Å²) in [6.45, 7) is 11.6. The third-order valence-corrected chi connectivity index (χ3v) is 7.72. The largest absolute Gasteiger partial charge is 0.358 e. The van der Waals surface area contributed by atoms with Gasteiger partial charge in [-0.2, -0.15) is 0 Å². The fraction of sp³-hybridized carbons (Fsp3) is 0.333. The standard InChI is InChI=1S/C30H33FN4O2/c1-5-34(6-2)22-13-14-35(17-22)30(37)27-18(3)26(32-19(27)4)16-24-28-23(20-9-7-10-21(31)15-20)11-8-12-25(28)33-29(24)36/h7-12,15-16,22,32H,5-6,13-14,17H2,1-4H3,(H,33,36)/b24-16-. The van der Waals surface area contributed by atoms with Gasteiger partial charge < -0.3 is 15.2 Å². The summed E-state index contributed by atoms with van der Waals surface area (Å²) in [6, 6.07) is 12.4. The Bertz CT molecular complexity index is 1400. The first-order valence-corrected chi connectivity index (χ1v) is 13.0. The van der Waals surface area contributed by atoms with Gasteiger partial charge in [0.2, 0.25) is 0 Å². The minimum absolute atomic E-state index is 0.0299. The van der Waals surface area contributed by atoms with E-state index < -0.39 is 0 Å². The topological polar surface area (TPSA) is 68.4 Å². The van der Waals surface area contributed by atoms with Gasteiger partial charge in [-0.15, -0.1) is 0 Å². The van der Waals surface area contributed by atoms with E-state index >= 15 is 0 Å². The van der Waals surface area contributed by atoms with Gasteiger partial charge in [0.05, 0.1) is 11.1 Å². The molecule has 1 unspecified atom stereocenters. The van der Waals surface area contributed by atoms with Crippen LogP contribution < -0.4 is 5.32 Å². The number of H-pyrrole nitrogens is 1. The van der Waals surface area contributed by atoms with Crippen LogP contribution in [0.4, 0.5) is 10.1 Å². The van der Waals surface area contributed by atoms with E-state index in [4.69, 9.17) is 0 Å². The number of aromatic amines is 1. The van der Waals surface area contributed by atoms with Gasteiger partial charge in [-0.25, -0.2) is 4.39 Å². The van der Waals surface area contributed by atoms with Crippen LogP contribution in [0.5, 0.6) is 0 Å². The molecule has 1 aromatic heterocycles. The quantitative estimate of drug-likeness (QED) is 0.440. The maximum absolute atomic E-state index is 14.0. The number of aryl methyl sites for hydroxylation is 1. The van der Waals surface area contributed by atoms with Crippen molar-refractivity contribution in [3.05, 3.63) is 76.4 Å². The van der Waals surface area contributed by atoms with Crippen molar-refractivity contribution in [3.63, 3.8) is 0 Å². The number of rotatable bonds is 6. The highest BCUT2D eigenvalue weighted by atomic mass is 19.1. The summed E-state index contributed by atoms with van der Waals surface area (Å²) in [4.78, 5) is 34.3. The minimum atomic E-state index is -0.331. The van der Waals surface area contributed by atoms with E-state index in [0.29, 0.717) is 28.4 Å². The summed E-state index contributed by atoms with van der Waals surface area (Å²) in [7, 11) is 0. The summed E-state index contributed by atoms with van der Waals surface area (Å²) in [5.74, 6) is -0.524. The number of fused-ring (bicyclic) bond motifs is 1. The van der Waals surface area contributed by atoms with Crippen LogP contribution in [0.3, 0.4) is 0 Å². The second-order valence-electron chi connectivity index (χ2n) is 9.83. The second-order valence-corrected chi connectivity index (χ2v) is 9.83. The Hall–Kier alpha value is -3.71. The van der Waals surface area contributed by atoms with Gasteiger partial charge in [-0.05, 0) is 74.3 Å². The van der Waals surface area contributed by atoms with E-state index in [2.05, 4.69) is 29.0 Å². The Kier molecular flexibility index (Phi) is 6.73. The SMILES string of the molecule is CCN(CC)C1CCN(C(=O)c2c(C)[nH]c(/C=C3\C(=O)Nc4cccc(-c5cccc(F)c5)c43)c2C)C1. The van der Waals surface area contributed by atoms with E-state index in [0.717, 1.165) is 60.7 Å². The fourth-order valence-corrected chi connectivity index (χ4v) is 5.79. The minimum Gasteiger partial charge on any atom is -0.358 e. The lowest BCUT2D eigenvalue weighted by Gasteiger charge is -2.26. The van der Waals surface area contributed by atoms with Gasteiger partial charge in [0.15, 0.2) is 0 Å². The van der Waals surface area contributed by atoms with Crippen LogP contribution in [0.25, 0.3) is 22.8 Å². The number of likely N-dealkylation sites (N-methyl/N-ethyl adjacent to an activating group) is 1. The molecule has 37 heavy (non-hydrogen) atoms. The monoisotopic (exact) mass is 500 g/mol. The molecule has 2 amide bonds. The first kappa shape index (κ1) is 25.0. The number of carbonyl (C=O) groups is 2. The Morgan fingerprint density at radius 2 is 1.92 bits per heavy atom. The number of nitrogens with one attached hydrogen (secondary N) is 2. The zero-order chi connectivity index (χ0) is 26.3. The number of anilines is 1.